The van der Waals surface area contributed by atoms with Crippen molar-refractivity contribution in [2.45, 2.75) is 0 Å². The molecule has 0 aromatic heterocycles. The Morgan fingerprint density at radius 3 is 2.38 bits per heavy atom. The average molecular weight is 577 g/mol. The van der Waals surface area contributed by atoms with Crippen molar-refractivity contribution in [1.29, 1.82) is 0 Å². The third-order valence-electron chi connectivity index (χ3n) is 6.67. The van der Waals surface area contributed by atoms with Crippen LogP contribution in [0.4, 0.5) is 5.69 Å². The number of rotatable bonds is 7. The van der Waals surface area contributed by atoms with Crippen LogP contribution in [0.2, 0.25) is 10.0 Å². The molecule has 4 aromatic carbocycles. The van der Waals surface area contributed by atoms with Crippen LogP contribution in [0.1, 0.15) is 15.9 Å². The topological polar surface area (TPSA) is 94.5 Å². The zero-order valence-electron chi connectivity index (χ0n) is 21.4. The number of hydrazone groups is 1. The fourth-order valence-corrected chi connectivity index (χ4v) is 4.98. The standard InChI is InChI=1S/C30H26Cl2N4O4/c31-24-7-3-4-8-26(24)35-13-15-36(16-14-35)29(38)19-40-28-12-10-21(22-5-1-2-6-23(22)28)18-33-34-30(39)20-9-11-27(37)25(32)17-20/h1-12,17-18,37H,13-16,19H2,(H,34,39). The Morgan fingerprint density at radius 2 is 1.62 bits per heavy atom. The molecule has 0 spiro atoms. The van der Waals surface area contributed by atoms with Crippen LogP contribution >= 0.6 is 23.2 Å². The molecule has 0 saturated carbocycles. The number of aromatic hydroxyl groups is 1. The first-order valence-corrected chi connectivity index (χ1v) is 13.4. The molecule has 40 heavy (non-hydrogen) atoms. The van der Waals surface area contributed by atoms with Gasteiger partial charge in [0.2, 0.25) is 0 Å². The van der Waals surface area contributed by atoms with Crippen LogP contribution in [-0.4, -0.2) is 60.8 Å². The molecule has 1 saturated heterocycles. The quantitative estimate of drug-likeness (QED) is 0.228. The van der Waals surface area contributed by atoms with Crippen LogP contribution in [0, 0.1) is 0 Å². The molecule has 0 aliphatic carbocycles. The molecule has 5 rings (SSSR count). The summed E-state index contributed by atoms with van der Waals surface area (Å²) in [6.07, 6.45) is 1.54. The Labute approximate surface area is 241 Å². The number of ether oxygens (including phenoxy) is 1. The Balaban J connectivity index is 1.20. The van der Waals surface area contributed by atoms with Crippen molar-refractivity contribution in [1.82, 2.24) is 10.3 Å². The van der Waals surface area contributed by atoms with E-state index in [9.17, 15) is 14.7 Å². The van der Waals surface area contributed by atoms with Crippen molar-refractivity contribution in [2.75, 3.05) is 37.7 Å². The van der Waals surface area contributed by atoms with Gasteiger partial charge in [-0.05, 0) is 47.9 Å². The zero-order valence-corrected chi connectivity index (χ0v) is 22.9. The van der Waals surface area contributed by atoms with E-state index >= 15 is 0 Å². The predicted molar refractivity (Wildman–Crippen MR) is 158 cm³/mol. The lowest BCUT2D eigenvalue weighted by Gasteiger charge is -2.36. The minimum absolute atomic E-state index is 0.0746. The summed E-state index contributed by atoms with van der Waals surface area (Å²) in [5, 5.41) is 16.1. The summed E-state index contributed by atoms with van der Waals surface area (Å²) in [6, 6.07) is 23.1. The number of anilines is 1. The van der Waals surface area contributed by atoms with Crippen molar-refractivity contribution in [3.8, 4) is 11.5 Å². The molecule has 0 bridgehead atoms. The maximum atomic E-state index is 12.9. The Bertz CT molecular complexity index is 1590. The second-order valence-corrected chi connectivity index (χ2v) is 9.99. The molecule has 0 unspecified atom stereocenters. The molecule has 0 atom stereocenters. The van der Waals surface area contributed by atoms with E-state index in [0.29, 0.717) is 37.0 Å². The maximum Gasteiger partial charge on any atom is 0.271 e. The van der Waals surface area contributed by atoms with Crippen molar-refractivity contribution in [2.24, 2.45) is 5.10 Å². The van der Waals surface area contributed by atoms with Crippen LogP contribution in [0.5, 0.6) is 11.5 Å². The van der Waals surface area contributed by atoms with E-state index in [1.807, 2.05) is 54.6 Å². The fraction of sp³-hybridized carbons (Fsp3) is 0.167. The van der Waals surface area contributed by atoms with E-state index in [1.165, 1.54) is 24.4 Å². The number of halogens is 2. The number of piperazine rings is 1. The number of carbonyl (C=O) groups is 2. The summed E-state index contributed by atoms with van der Waals surface area (Å²) < 4.78 is 5.97. The third-order valence-corrected chi connectivity index (χ3v) is 7.30. The summed E-state index contributed by atoms with van der Waals surface area (Å²) in [7, 11) is 0. The lowest BCUT2D eigenvalue weighted by Crippen LogP contribution is -2.50. The lowest BCUT2D eigenvalue weighted by molar-refractivity contribution is -0.133. The van der Waals surface area contributed by atoms with Crippen molar-refractivity contribution in [3.05, 3.63) is 100 Å². The Hall–Kier alpha value is -4.27. The highest BCUT2D eigenvalue weighted by Gasteiger charge is 2.23. The van der Waals surface area contributed by atoms with E-state index in [0.717, 1.165) is 22.0 Å². The van der Waals surface area contributed by atoms with Crippen molar-refractivity contribution in [3.63, 3.8) is 0 Å². The molecule has 2 N–H and O–H groups in total. The molecule has 1 fully saturated rings. The van der Waals surface area contributed by atoms with Crippen LogP contribution < -0.4 is 15.1 Å². The molecule has 4 aromatic rings. The summed E-state index contributed by atoms with van der Waals surface area (Å²) in [4.78, 5) is 29.3. The Kier molecular flexibility index (Phi) is 8.38. The number of amides is 2. The average Bonchev–Trinajstić information content (AvgIpc) is 2.98. The SMILES string of the molecule is O=C(NN=Cc1ccc(OCC(=O)N2CCN(c3ccccc3Cl)CC2)c2ccccc12)c1ccc(O)c(Cl)c1. The van der Waals surface area contributed by atoms with Crippen LogP contribution in [0.3, 0.4) is 0 Å². The molecule has 1 heterocycles. The Morgan fingerprint density at radius 1 is 0.900 bits per heavy atom. The molecular formula is C30H26Cl2N4O4. The molecule has 10 heteroatoms. The van der Waals surface area contributed by atoms with Gasteiger partial charge in [0.25, 0.3) is 11.8 Å². The van der Waals surface area contributed by atoms with Gasteiger partial charge < -0.3 is 19.6 Å². The number of phenols is 1. The number of hydrogen-bond acceptors (Lipinski definition) is 6. The van der Waals surface area contributed by atoms with Crippen molar-refractivity contribution < 1.29 is 19.4 Å². The number of nitrogens with one attached hydrogen (secondary N) is 1. The summed E-state index contributed by atoms with van der Waals surface area (Å²) >= 11 is 12.2. The van der Waals surface area contributed by atoms with E-state index in [1.54, 1.807) is 11.0 Å². The second kappa shape index (κ2) is 12.3. The van der Waals surface area contributed by atoms with Gasteiger partial charge >= 0.3 is 0 Å². The highest BCUT2D eigenvalue weighted by molar-refractivity contribution is 6.33. The van der Waals surface area contributed by atoms with E-state index < -0.39 is 5.91 Å². The molecular weight excluding hydrogens is 551 g/mol. The molecule has 1 aliphatic rings. The van der Waals surface area contributed by atoms with Gasteiger partial charge in [0.05, 0.1) is 21.9 Å². The molecule has 0 radical (unpaired) electrons. The van der Waals surface area contributed by atoms with Crippen molar-refractivity contribution >= 4 is 57.7 Å². The monoisotopic (exact) mass is 576 g/mol. The molecule has 1 aliphatic heterocycles. The first-order valence-electron chi connectivity index (χ1n) is 12.6. The first kappa shape index (κ1) is 27.3. The lowest BCUT2D eigenvalue weighted by atomic mass is 10.0. The van der Waals surface area contributed by atoms with Gasteiger partial charge in [-0.15, -0.1) is 0 Å². The molecule has 204 valence electrons. The largest absolute Gasteiger partial charge is 0.506 e. The van der Waals surface area contributed by atoms with E-state index in [4.69, 9.17) is 27.9 Å². The minimum Gasteiger partial charge on any atom is -0.506 e. The maximum absolute atomic E-state index is 12.9. The number of phenolic OH excluding ortho intramolecular Hbond substituents is 1. The summed E-state index contributed by atoms with van der Waals surface area (Å²) in [5.74, 6) is -0.0639. The van der Waals surface area contributed by atoms with Gasteiger partial charge in [-0.3, -0.25) is 9.59 Å². The highest BCUT2D eigenvalue weighted by Crippen LogP contribution is 2.29. The smallest absolute Gasteiger partial charge is 0.271 e. The number of carbonyl (C=O) groups excluding carboxylic acids is 2. The third kappa shape index (κ3) is 6.14. The minimum atomic E-state index is -0.464. The number of hydrogen-bond donors (Lipinski definition) is 2. The van der Waals surface area contributed by atoms with Gasteiger partial charge in [-0.1, -0.05) is 59.6 Å². The first-order chi connectivity index (χ1) is 19.4. The number of benzene rings is 4. The van der Waals surface area contributed by atoms with Gasteiger partial charge in [0.15, 0.2) is 6.61 Å². The van der Waals surface area contributed by atoms with Crippen LogP contribution in [-0.2, 0) is 4.79 Å². The predicted octanol–water partition coefficient (Wildman–Crippen LogP) is 5.34. The van der Waals surface area contributed by atoms with Crippen LogP contribution in [0.25, 0.3) is 10.8 Å². The molecule has 8 nitrogen and oxygen atoms in total. The highest BCUT2D eigenvalue weighted by atomic mass is 35.5. The molecule has 2 amide bonds. The van der Waals surface area contributed by atoms with Gasteiger partial charge in [0, 0.05) is 42.7 Å². The second-order valence-electron chi connectivity index (χ2n) is 9.17. The van der Waals surface area contributed by atoms with Gasteiger partial charge in [-0.25, -0.2) is 5.43 Å². The van der Waals surface area contributed by atoms with E-state index in [2.05, 4.69) is 15.4 Å². The number of para-hydroxylation sites is 1. The summed E-state index contributed by atoms with van der Waals surface area (Å²) in [5.41, 5.74) is 4.47. The van der Waals surface area contributed by atoms with Crippen LogP contribution in [0.15, 0.2) is 84.0 Å². The summed E-state index contributed by atoms with van der Waals surface area (Å²) in [6.45, 7) is 2.50. The van der Waals surface area contributed by atoms with E-state index in [-0.39, 0.29) is 28.8 Å². The number of fused-ring (bicyclic) bond motifs is 1. The van der Waals surface area contributed by atoms with Gasteiger partial charge in [0.1, 0.15) is 11.5 Å². The zero-order chi connectivity index (χ0) is 28.1. The normalized spacial score (nSPS) is 13.6. The fourth-order valence-electron chi connectivity index (χ4n) is 4.54. The van der Waals surface area contributed by atoms with Gasteiger partial charge in [-0.2, -0.15) is 5.10 Å². The number of nitrogens with zero attached hydrogens (tertiary/aromatic N) is 3.